The van der Waals surface area contributed by atoms with Crippen LogP contribution >= 0.6 is 0 Å². The van der Waals surface area contributed by atoms with E-state index in [0.29, 0.717) is 25.9 Å². The number of ether oxygens (including phenoxy) is 1. The van der Waals surface area contributed by atoms with Crippen LogP contribution < -0.4 is 10.5 Å². The molecule has 2 amide bonds. The molecule has 1 saturated heterocycles. The summed E-state index contributed by atoms with van der Waals surface area (Å²) in [6.07, 6.45) is 4.40. The van der Waals surface area contributed by atoms with Crippen LogP contribution in [0.3, 0.4) is 0 Å². The SMILES string of the molecule is COc1ccc2c(c1)CCC[C@@H]2CC(=O)N1CC[C@@H](C(N)=O)C1. The molecule has 1 aromatic carbocycles. The number of hydrogen-bond donors (Lipinski definition) is 1. The Morgan fingerprint density at radius 2 is 2.17 bits per heavy atom. The molecular weight excluding hydrogens is 292 g/mol. The summed E-state index contributed by atoms with van der Waals surface area (Å²) in [5.41, 5.74) is 7.92. The molecule has 0 aromatic heterocycles. The van der Waals surface area contributed by atoms with Gasteiger partial charge >= 0.3 is 0 Å². The quantitative estimate of drug-likeness (QED) is 0.921. The van der Waals surface area contributed by atoms with Gasteiger partial charge in [-0.3, -0.25) is 9.59 Å². The standard InChI is InChI=1S/C18H24N2O3/c1-23-15-5-6-16-12(9-15)3-2-4-13(16)10-17(21)20-8-7-14(11-20)18(19)22/h5-6,9,13-14H,2-4,7-8,10-11H2,1H3,(H2,19,22)/t13-,14-/m1/s1. The summed E-state index contributed by atoms with van der Waals surface area (Å²) in [6, 6.07) is 6.16. The van der Waals surface area contributed by atoms with Gasteiger partial charge in [0.05, 0.1) is 13.0 Å². The number of carbonyl (C=O) groups excluding carboxylic acids is 2. The molecule has 23 heavy (non-hydrogen) atoms. The second-order valence-electron chi connectivity index (χ2n) is 6.59. The Hall–Kier alpha value is -2.04. The Morgan fingerprint density at radius 3 is 2.87 bits per heavy atom. The van der Waals surface area contributed by atoms with E-state index in [1.165, 1.54) is 11.1 Å². The van der Waals surface area contributed by atoms with Crippen molar-refractivity contribution in [1.82, 2.24) is 4.90 Å². The number of hydrogen-bond acceptors (Lipinski definition) is 3. The van der Waals surface area contributed by atoms with Gasteiger partial charge in [0.2, 0.25) is 11.8 Å². The number of methoxy groups -OCH3 is 1. The highest BCUT2D eigenvalue weighted by Gasteiger charge is 2.31. The van der Waals surface area contributed by atoms with E-state index in [9.17, 15) is 9.59 Å². The molecular formula is C18H24N2O3. The van der Waals surface area contributed by atoms with E-state index in [1.54, 1.807) is 12.0 Å². The fraction of sp³-hybridized carbons (Fsp3) is 0.556. The summed E-state index contributed by atoms with van der Waals surface area (Å²) in [6.45, 7) is 1.13. The zero-order valence-corrected chi connectivity index (χ0v) is 13.6. The van der Waals surface area contributed by atoms with Crippen molar-refractivity contribution >= 4 is 11.8 Å². The minimum atomic E-state index is -0.296. The van der Waals surface area contributed by atoms with Crippen molar-refractivity contribution in [3.63, 3.8) is 0 Å². The van der Waals surface area contributed by atoms with Crippen LogP contribution in [-0.4, -0.2) is 36.9 Å². The largest absolute Gasteiger partial charge is 0.497 e. The molecule has 3 rings (SSSR count). The van der Waals surface area contributed by atoms with Crippen LogP contribution in [0.15, 0.2) is 18.2 Å². The van der Waals surface area contributed by atoms with Crippen molar-refractivity contribution in [3.05, 3.63) is 29.3 Å². The van der Waals surface area contributed by atoms with Crippen LogP contribution in [0, 0.1) is 5.92 Å². The van der Waals surface area contributed by atoms with Crippen LogP contribution in [0.4, 0.5) is 0 Å². The number of primary amides is 1. The number of likely N-dealkylation sites (tertiary alicyclic amines) is 1. The zero-order valence-electron chi connectivity index (χ0n) is 13.6. The first-order valence-electron chi connectivity index (χ1n) is 8.32. The molecule has 1 aromatic rings. The first-order chi connectivity index (χ1) is 11.1. The third-order valence-electron chi connectivity index (χ3n) is 5.15. The number of rotatable bonds is 4. The highest BCUT2D eigenvalue weighted by atomic mass is 16.5. The van der Waals surface area contributed by atoms with Gasteiger partial charge in [-0.1, -0.05) is 6.07 Å². The first kappa shape index (κ1) is 15.8. The summed E-state index contributed by atoms with van der Waals surface area (Å²) in [7, 11) is 1.67. The van der Waals surface area contributed by atoms with Gasteiger partial charge in [0.15, 0.2) is 0 Å². The Morgan fingerprint density at radius 1 is 1.35 bits per heavy atom. The van der Waals surface area contributed by atoms with Crippen molar-refractivity contribution in [1.29, 1.82) is 0 Å². The molecule has 1 fully saturated rings. The van der Waals surface area contributed by atoms with E-state index in [-0.39, 0.29) is 23.7 Å². The minimum Gasteiger partial charge on any atom is -0.497 e. The van der Waals surface area contributed by atoms with Gasteiger partial charge in [-0.2, -0.15) is 0 Å². The average Bonchev–Trinajstić information content (AvgIpc) is 3.05. The maximum atomic E-state index is 12.6. The lowest BCUT2D eigenvalue weighted by Gasteiger charge is -2.27. The second kappa shape index (κ2) is 6.60. The highest BCUT2D eigenvalue weighted by Crippen LogP contribution is 2.36. The Bertz CT molecular complexity index is 614. The van der Waals surface area contributed by atoms with E-state index in [0.717, 1.165) is 25.0 Å². The van der Waals surface area contributed by atoms with Crippen LogP contribution in [0.5, 0.6) is 5.75 Å². The molecule has 2 aliphatic rings. The topological polar surface area (TPSA) is 72.6 Å². The highest BCUT2D eigenvalue weighted by molar-refractivity contribution is 5.81. The summed E-state index contributed by atoms with van der Waals surface area (Å²) < 4.78 is 5.29. The van der Waals surface area contributed by atoms with Crippen LogP contribution in [0.1, 0.15) is 42.7 Å². The van der Waals surface area contributed by atoms with Crippen LogP contribution in [-0.2, 0) is 16.0 Å². The van der Waals surface area contributed by atoms with Crippen molar-refractivity contribution in [2.45, 2.75) is 38.0 Å². The van der Waals surface area contributed by atoms with E-state index >= 15 is 0 Å². The molecule has 0 bridgehead atoms. The molecule has 1 aliphatic carbocycles. The smallest absolute Gasteiger partial charge is 0.223 e. The predicted molar refractivity (Wildman–Crippen MR) is 87.2 cm³/mol. The van der Waals surface area contributed by atoms with Crippen molar-refractivity contribution < 1.29 is 14.3 Å². The third kappa shape index (κ3) is 3.33. The molecule has 5 nitrogen and oxygen atoms in total. The van der Waals surface area contributed by atoms with Gasteiger partial charge in [-0.25, -0.2) is 0 Å². The Labute approximate surface area is 136 Å². The van der Waals surface area contributed by atoms with Gasteiger partial charge in [-0.15, -0.1) is 0 Å². The number of nitrogens with zero attached hydrogens (tertiary/aromatic N) is 1. The first-order valence-corrected chi connectivity index (χ1v) is 8.32. The Kier molecular flexibility index (Phi) is 4.55. The lowest BCUT2D eigenvalue weighted by Crippen LogP contribution is -2.32. The summed E-state index contributed by atoms with van der Waals surface area (Å²) in [4.78, 5) is 25.6. The van der Waals surface area contributed by atoms with Gasteiger partial charge < -0.3 is 15.4 Å². The molecule has 2 atom stereocenters. The average molecular weight is 316 g/mol. The normalized spacial score (nSPS) is 23.4. The molecule has 0 spiro atoms. The van der Waals surface area contributed by atoms with E-state index in [4.69, 9.17) is 10.5 Å². The van der Waals surface area contributed by atoms with Gasteiger partial charge in [0.25, 0.3) is 0 Å². The van der Waals surface area contributed by atoms with Crippen molar-refractivity contribution in [3.8, 4) is 5.75 Å². The Balaban J connectivity index is 1.68. The molecule has 0 unspecified atom stereocenters. The van der Waals surface area contributed by atoms with E-state index in [1.807, 2.05) is 6.07 Å². The van der Waals surface area contributed by atoms with Gasteiger partial charge in [0.1, 0.15) is 5.75 Å². The van der Waals surface area contributed by atoms with E-state index in [2.05, 4.69) is 12.1 Å². The maximum Gasteiger partial charge on any atom is 0.223 e. The van der Waals surface area contributed by atoms with Crippen molar-refractivity contribution in [2.75, 3.05) is 20.2 Å². The summed E-state index contributed by atoms with van der Waals surface area (Å²) in [5.74, 6) is 0.809. The number of aryl methyl sites for hydroxylation is 1. The predicted octanol–water partition coefficient (Wildman–Crippen LogP) is 1.84. The lowest BCUT2D eigenvalue weighted by atomic mass is 9.80. The molecule has 1 heterocycles. The van der Waals surface area contributed by atoms with Gasteiger partial charge in [0, 0.05) is 19.5 Å². The lowest BCUT2D eigenvalue weighted by molar-refractivity contribution is -0.131. The molecule has 0 radical (unpaired) electrons. The summed E-state index contributed by atoms with van der Waals surface area (Å²) in [5, 5.41) is 0. The van der Waals surface area contributed by atoms with Crippen molar-refractivity contribution in [2.24, 2.45) is 11.7 Å². The third-order valence-corrected chi connectivity index (χ3v) is 5.15. The number of benzene rings is 1. The van der Waals surface area contributed by atoms with Crippen LogP contribution in [0.2, 0.25) is 0 Å². The number of carbonyl (C=O) groups is 2. The molecule has 5 heteroatoms. The minimum absolute atomic E-state index is 0.141. The fourth-order valence-corrected chi connectivity index (χ4v) is 3.79. The zero-order chi connectivity index (χ0) is 16.4. The fourth-order valence-electron chi connectivity index (χ4n) is 3.79. The number of nitrogens with two attached hydrogens (primary N) is 1. The maximum absolute atomic E-state index is 12.6. The van der Waals surface area contributed by atoms with Gasteiger partial charge in [-0.05, 0) is 54.9 Å². The molecule has 0 saturated carbocycles. The molecule has 1 aliphatic heterocycles. The van der Waals surface area contributed by atoms with Crippen LogP contribution in [0.25, 0.3) is 0 Å². The number of fused-ring (bicyclic) bond motifs is 1. The summed E-state index contributed by atoms with van der Waals surface area (Å²) >= 11 is 0. The molecule has 124 valence electrons. The van der Waals surface area contributed by atoms with E-state index < -0.39 is 0 Å². The molecule has 2 N–H and O–H groups in total. The second-order valence-corrected chi connectivity index (χ2v) is 6.59. The monoisotopic (exact) mass is 316 g/mol. The number of amides is 2.